The van der Waals surface area contributed by atoms with Crippen LogP contribution < -0.4 is 10.0 Å². The van der Waals surface area contributed by atoms with Crippen LogP contribution in [0.1, 0.15) is 21.0 Å². The van der Waals surface area contributed by atoms with E-state index in [2.05, 4.69) is 9.97 Å². The highest BCUT2D eigenvalue weighted by molar-refractivity contribution is 6.01. The van der Waals surface area contributed by atoms with Crippen molar-refractivity contribution in [2.24, 2.45) is 0 Å². The highest BCUT2D eigenvalue weighted by atomic mass is 16.4. The van der Waals surface area contributed by atoms with Crippen molar-refractivity contribution in [2.45, 2.75) is 0 Å². The number of aliphatic hydroxyl groups excluding tert-OH is 1. The number of aromatic nitrogens is 2. The van der Waals surface area contributed by atoms with Crippen molar-refractivity contribution in [1.29, 1.82) is 0 Å². The van der Waals surface area contributed by atoms with Crippen molar-refractivity contribution in [1.82, 2.24) is 14.9 Å². The maximum atomic E-state index is 12.3. The molecule has 0 aliphatic carbocycles. The molecule has 2 heterocycles. The molecule has 1 amide bonds. The summed E-state index contributed by atoms with van der Waals surface area (Å²) in [7, 11) is 0. The van der Waals surface area contributed by atoms with E-state index in [0.29, 0.717) is 32.7 Å². The summed E-state index contributed by atoms with van der Waals surface area (Å²) in [5.74, 6) is -1.95. The Kier molecular flexibility index (Phi) is 4.59. The number of aliphatic hydroxyl groups is 1. The van der Waals surface area contributed by atoms with E-state index in [1.165, 1.54) is 17.3 Å². The number of carboxylic acid groups (broad SMARTS) is 1. The first-order valence-electron chi connectivity index (χ1n) is 6.39. The lowest BCUT2D eigenvalue weighted by molar-refractivity contribution is -0.904. The summed E-state index contributed by atoms with van der Waals surface area (Å²) in [6.45, 7) is 3.19. The molecule has 108 valence electrons. The van der Waals surface area contributed by atoms with Gasteiger partial charge in [0, 0.05) is 12.4 Å². The van der Waals surface area contributed by atoms with Crippen molar-refractivity contribution in [3.05, 3.63) is 23.8 Å². The van der Waals surface area contributed by atoms with Crippen LogP contribution in [0.15, 0.2) is 12.4 Å². The predicted octanol–water partition coefficient (Wildman–Crippen LogP) is -3.83. The highest BCUT2D eigenvalue weighted by Gasteiger charge is 2.27. The molecule has 2 N–H and O–H groups in total. The minimum Gasteiger partial charge on any atom is -0.543 e. The molecule has 0 atom stereocenters. The summed E-state index contributed by atoms with van der Waals surface area (Å²) in [6, 6.07) is 0. The Hall–Kier alpha value is -2.06. The first-order valence-corrected chi connectivity index (χ1v) is 6.39. The van der Waals surface area contributed by atoms with E-state index in [0.717, 1.165) is 0 Å². The number of hydrogen-bond donors (Lipinski definition) is 2. The van der Waals surface area contributed by atoms with Crippen LogP contribution in [0, 0.1) is 0 Å². The van der Waals surface area contributed by atoms with E-state index in [1.807, 2.05) is 0 Å². The van der Waals surface area contributed by atoms with Crippen molar-refractivity contribution < 1.29 is 24.7 Å². The van der Waals surface area contributed by atoms with E-state index >= 15 is 0 Å². The van der Waals surface area contributed by atoms with Gasteiger partial charge in [-0.1, -0.05) is 0 Å². The zero-order valence-corrected chi connectivity index (χ0v) is 10.9. The summed E-state index contributed by atoms with van der Waals surface area (Å²) < 4.78 is 0. The third-order valence-electron chi connectivity index (χ3n) is 3.32. The molecule has 0 spiro atoms. The van der Waals surface area contributed by atoms with Gasteiger partial charge >= 0.3 is 0 Å². The molecule has 0 unspecified atom stereocenters. The van der Waals surface area contributed by atoms with Crippen LogP contribution in [-0.4, -0.2) is 71.2 Å². The van der Waals surface area contributed by atoms with E-state index < -0.39 is 17.6 Å². The van der Waals surface area contributed by atoms with Crippen molar-refractivity contribution in [3.8, 4) is 0 Å². The molecule has 1 aliphatic heterocycles. The zero-order valence-electron chi connectivity index (χ0n) is 10.9. The van der Waals surface area contributed by atoms with Gasteiger partial charge in [0.2, 0.25) is 0 Å². The third-order valence-corrected chi connectivity index (χ3v) is 3.32. The van der Waals surface area contributed by atoms with Crippen LogP contribution in [0.4, 0.5) is 0 Å². The van der Waals surface area contributed by atoms with Gasteiger partial charge < -0.3 is 24.8 Å². The van der Waals surface area contributed by atoms with Gasteiger partial charge in [-0.3, -0.25) is 9.78 Å². The van der Waals surface area contributed by atoms with Crippen LogP contribution in [0.5, 0.6) is 0 Å². The molecular formula is C12H16N4O4. The number of rotatable bonds is 4. The minimum absolute atomic E-state index is 0.113. The maximum absolute atomic E-state index is 12.3. The standard InChI is InChI=1S/C12H16N4O4/c17-8-7-15-3-5-16(6-4-15)11(18)9-10(12(19)20)14-2-1-13-9/h1-2,17H,3-8H2,(H,19,20). The molecule has 1 saturated heterocycles. The number of carboxylic acids is 1. The average molecular weight is 280 g/mol. The van der Waals surface area contributed by atoms with Crippen LogP contribution in [0.25, 0.3) is 0 Å². The Morgan fingerprint density at radius 3 is 2.40 bits per heavy atom. The van der Waals surface area contributed by atoms with Gasteiger partial charge in [-0.05, 0) is 0 Å². The number of amides is 1. The Bertz CT molecular complexity index is 500. The molecule has 0 bridgehead atoms. The van der Waals surface area contributed by atoms with Crippen LogP contribution in [0.3, 0.4) is 0 Å². The molecule has 0 saturated carbocycles. The van der Waals surface area contributed by atoms with Gasteiger partial charge in [-0.15, -0.1) is 0 Å². The fourth-order valence-electron chi connectivity index (χ4n) is 2.23. The van der Waals surface area contributed by atoms with Crippen LogP contribution in [0.2, 0.25) is 0 Å². The fourth-order valence-corrected chi connectivity index (χ4v) is 2.23. The van der Waals surface area contributed by atoms with Gasteiger partial charge in [-0.2, -0.15) is 0 Å². The Morgan fingerprint density at radius 2 is 1.85 bits per heavy atom. The summed E-state index contributed by atoms with van der Waals surface area (Å²) >= 11 is 0. The van der Waals surface area contributed by atoms with Crippen LogP contribution in [-0.2, 0) is 0 Å². The molecule has 2 rings (SSSR count). The molecular weight excluding hydrogens is 264 g/mol. The molecule has 1 aliphatic rings. The molecule has 0 radical (unpaired) electrons. The normalized spacial score (nSPS) is 16.1. The fraction of sp³-hybridized carbons (Fsp3) is 0.500. The SMILES string of the molecule is O=C([O-])c1nccnc1C(=O)N1CC[NH+](CCO)CC1. The number of carbonyl (C=O) groups is 2. The van der Waals surface area contributed by atoms with E-state index in [9.17, 15) is 14.7 Å². The van der Waals surface area contributed by atoms with Crippen molar-refractivity contribution in [2.75, 3.05) is 39.3 Å². The molecule has 8 heteroatoms. The summed E-state index contributed by atoms with van der Waals surface area (Å²) in [6.07, 6.45) is 2.50. The molecule has 1 aromatic heterocycles. The molecule has 1 fully saturated rings. The average Bonchev–Trinajstić information content (AvgIpc) is 2.47. The number of nitrogens with one attached hydrogen (secondary N) is 1. The van der Waals surface area contributed by atoms with Gasteiger partial charge in [-0.25, -0.2) is 4.98 Å². The second-order valence-corrected chi connectivity index (χ2v) is 4.56. The summed E-state index contributed by atoms with van der Waals surface area (Å²) in [4.78, 5) is 33.4. The smallest absolute Gasteiger partial charge is 0.275 e. The summed E-state index contributed by atoms with van der Waals surface area (Å²) in [5.41, 5.74) is -0.610. The van der Waals surface area contributed by atoms with E-state index in [4.69, 9.17) is 5.11 Å². The van der Waals surface area contributed by atoms with Gasteiger partial charge in [0.05, 0.1) is 38.8 Å². The zero-order chi connectivity index (χ0) is 14.5. The largest absolute Gasteiger partial charge is 0.543 e. The maximum Gasteiger partial charge on any atom is 0.275 e. The Morgan fingerprint density at radius 1 is 1.25 bits per heavy atom. The van der Waals surface area contributed by atoms with Gasteiger partial charge in [0.25, 0.3) is 5.91 Å². The minimum atomic E-state index is -1.51. The second kappa shape index (κ2) is 6.40. The first-order chi connectivity index (χ1) is 9.63. The predicted molar refractivity (Wildman–Crippen MR) is 64.9 cm³/mol. The Balaban J connectivity index is 2.08. The number of hydrogen-bond acceptors (Lipinski definition) is 6. The van der Waals surface area contributed by atoms with Gasteiger partial charge in [0.1, 0.15) is 12.2 Å². The molecule has 1 aromatic rings. The van der Waals surface area contributed by atoms with Crippen LogP contribution >= 0.6 is 0 Å². The molecule has 20 heavy (non-hydrogen) atoms. The molecule has 8 nitrogen and oxygen atoms in total. The monoisotopic (exact) mass is 280 g/mol. The third kappa shape index (κ3) is 3.09. The van der Waals surface area contributed by atoms with E-state index in [1.54, 1.807) is 4.90 Å². The number of aromatic carboxylic acids is 1. The van der Waals surface area contributed by atoms with Crippen molar-refractivity contribution >= 4 is 11.9 Å². The number of piperazine rings is 1. The van der Waals surface area contributed by atoms with Gasteiger partial charge in [0.15, 0.2) is 5.69 Å². The Labute approximate surface area is 115 Å². The number of carbonyl (C=O) groups excluding carboxylic acids is 2. The lowest BCUT2D eigenvalue weighted by Gasteiger charge is -2.31. The lowest BCUT2D eigenvalue weighted by Crippen LogP contribution is -3.15. The molecule has 0 aromatic carbocycles. The first kappa shape index (κ1) is 14.4. The number of nitrogens with zero attached hydrogens (tertiary/aromatic N) is 3. The van der Waals surface area contributed by atoms with Crippen molar-refractivity contribution in [3.63, 3.8) is 0 Å². The topological polar surface area (TPSA) is 111 Å². The quantitative estimate of drug-likeness (QED) is 0.584. The second-order valence-electron chi connectivity index (χ2n) is 4.56. The highest BCUT2D eigenvalue weighted by Crippen LogP contribution is 2.06. The lowest BCUT2D eigenvalue weighted by atomic mass is 10.2. The summed E-state index contributed by atoms with van der Waals surface area (Å²) in [5, 5.41) is 19.8. The number of quaternary nitrogens is 1. The van der Waals surface area contributed by atoms with E-state index in [-0.39, 0.29) is 12.3 Å².